The second-order valence-electron chi connectivity index (χ2n) is 17.0. The van der Waals surface area contributed by atoms with Crippen molar-refractivity contribution >= 4 is 35.0 Å². The minimum atomic E-state index is -0.718. The minimum Gasteiger partial charge on any atom is -0.496 e. The Bertz CT molecular complexity index is 2380. The number of hydrogen-bond acceptors (Lipinski definition) is 14. The fraction of sp³-hybridized carbons (Fsp3) is 0.447. The van der Waals surface area contributed by atoms with Gasteiger partial charge in [-0.3, -0.25) is 29.1 Å². The van der Waals surface area contributed by atoms with E-state index in [1.54, 1.807) is 41.6 Å². The van der Waals surface area contributed by atoms with Gasteiger partial charge in [-0.15, -0.1) is 0 Å². The number of ether oxygens (including phenoxy) is 3. The molecule has 0 radical (unpaired) electrons. The Balaban J connectivity index is 0.956. The van der Waals surface area contributed by atoms with Crippen molar-refractivity contribution < 1.29 is 42.9 Å². The molecule has 2 saturated heterocycles. The van der Waals surface area contributed by atoms with E-state index in [0.717, 1.165) is 5.56 Å². The zero-order valence-electron chi connectivity index (χ0n) is 37.7. The van der Waals surface area contributed by atoms with E-state index < -0.39 is 29.3 Å². The van der Waals surface area contributed by atoms with Crippen molar-refractivity contribution in [1.29, 1.82) is 5.26 Å². The van der Waals surface area contributed by atoms with E-state index in [0.29, 0.717) is 68.2 Å². The Labute approximate surface area is 383 Å². The Morgan fingerprint density at radius 2 is 1.74 bits per heavy atom. The van der Waals surface area contributed by atoms with Gasteiger partial charge in [-0.2, -0.15) is 5.26 Å². The Hall–Kier alpha value is -6.59. The largest absolute Gasteiger partial charge is 0.496 e. The lowest BCUT2D eigenvalue weighted by Gasteiger charge is -2.36. The number of benzene rings is 2. The first kappa shape index (κ1) is 48.9. The van der Waals surface area contributed by atoms with Gasteiger partial charge in [0.25, 0.3) is 5.91 Å². The van der Waals surface area contributed by atoms with E-state index >= 15 is 0 Å². The highest BCUT2D eigenvalue weighted by molar-refractivity contribution is 6.05. The number of pyridine rings is 1. The van der Waals surface area contributed by atoms with Gasteiger partial charge in [0.1, 0.15) is 23.3 Å². The van der Waals surface area contributed by atoms with Crippen molar-refractivity contribution in [3.8, 4) is 34.3 Å². The molecule has 19 heteroatoms. The standard InChI is InChI=1S/C47H57FN10O8/c1-47(2,3)43(46(63)58-17-12-33(59)29-58)55-40(60)13-22-65-24-25-66-23-16-51-41(61)30-56-18-20-57(21-19-56)38-26-31(34-28-50-14-10-32(34)27-49)8-9-36(38)54-45(62)37-11-15-52-44(53-37)42-35(48)6-5-7-39(42)64-4/h5-11,14-15,26,28,33,43,59H,12-13,16-25,29-30H2,1-4H3,(H,51,61)(H,54,62)(H,55,60)/t33-,43-/m1/s1. The summed E-state index contributed by atoms with van der Waals surface area (Å²) >= 11 is 0. The first-order valence-corrected chi connectivity index (χ1v) is 21.9. The Kier molecular flexibility index (Phi) is 17.1. The van der Waals surface area contributed by atoms with Crippen LogP contribution in [0.25, 0.3) is 22.5 Å². The van der Waals surface area contributed by atoms with Crippen molar-refractivity contribution in [3.63, 3.8) is 0 Å². The number of aliphatic hydroxyl groups excluding tert-OH is 1. The van der Waals surface area contributed by atoms with E-state index in [-0.39, 0.29) is 86.5 Å². The summed E-state index contributed by atoms with van der Waals surface area (Å²) in [7, 11) is 1.41. The lowest BCUT2D eigenvalue weighted by atomic mass is 9.85. The van der Waals surface area contributed by atoms with Crippen LogP contribution in [-0.2, 0) is 23.9 Å². The molecule has 66 heavy (non-hydrogen) atoms. The normalized spacial score (nSPS) is 15.7. The third-order valence-corrected chi connectivity index (χ3v) is 11.2. The zero-order valence-corrected chi connectivity index (χ0v) is 37.7. The maximum atomic E-state index is 14.9. The van der Waals surface area contributed by atoms with Gasteiger partial charge >= 0.3 is 0 Å². The lowest BCUT2D eigenvalue weighted by molar-refractivity contribution is -0.139. The van der Waals surface area contributed by atoms with Gasteiger partial charge in [0.2, 0.25) is 17.7 Å². The monoisotopic (exact) mass is 908 g/mol. The average molecular weight is 909 g/mol. The van der Waals surface area contributed by atoms with E-state index in [9.17, 15) is 33.9 Å². The van der Waals surface area contributed by atoms with Crippen molar-refractivity contribution in [2.45, 2.75) is 45.8 Å². The summed E-state index contributed by atoms with van der Waals surface area (Å²) in [6.45, 7) is 9.94. The lowest BCUT2D eigenvalue weighted by Crippen LogP contribution is -2.54. The summed E-state index contributed by atoms with van der Waals surface area (Å²) in [5, 5.41) is 28.3. The number of nitrogens with one attached hydrogen (secondary N) is 3. The quantitative estimate of drug-likeness (QED) is 0.0993. The van der Waals surface area contributed by atoms with Gasteiger partial charge in [0.15, 0.2) is 5.82 Å². The van der Waals surface area contributed by atoms with E-state index in [1.807, 2.05) is 31.7 Å². The zero-order chi connectivity index (χ0) is 47.2. The van der Waals surface area contributed by atoms with Crippen LogP contribution in [0.4, 0.5) is 15.8 Å². The number of aromatic nitrogens is 3. The topological polar surface area (TPSA) is 224 Å². The third kappa shape index (κ3) is 13.0. The van der Waals surface area contributed by atoms with Gasteiger partial charge in [-0.1, -0.05) is 32.9 Å². The number of methoxy groups -OCH3 is 1. The molecule has 0 spiro atoms. The number of anilines is 2. The summed E-state index contributed by atoms with van der Waals surface area (Å²) < 4.78 is 31.4. The van der Waals surface area contributed by atoms with Crippen LogP contribution in [0.1, 0.15) is 49.7 Å². The molecule has 2 atom stereocenters. The second-order valence-corrected chi connectivity index (χ2v) is 17.0. The van der Waals surface area contributed by atoms with Gasteiger partial charge < -0.3 is 45.1 Å². The first-order valence-electron chi connectivity index (χ1n) is 21.9. The van der Waals surface area contributed by atoms with Gasteiger partial charge in [-0.05, 0) is 53.8 Å². The molecule has 4 heterocycles. The fourth-order valence-electron chi connectivity index (χ4n) is 7.63. The van der Waals surface area contributed by atoms with Crippen molar-refractivity contribution in [3.05, 3.63) is 84.2 Å². The molecule has 2 aromatic carbocycles. The number of likely N-dealkylation sites (tertiary alicyclic amines) is 1. The van der Waals surface area contributed by atoms with Gasteiger partial charge in [0, 0.05) is 76.4 Å². The van der Waals surface area contributed by atoms with Gasteiger partial charge in [-0.25, -0.2) is 14.4 Å². The third-order valence-electron chi connectivity index (χ3n) is 11.2. The summed E-state index contributed by atoms with van der Waals surface area (Å²) in [6.07, 6.45) is 4.61. The molecule has 2 aliphatic heterocycles. The van der Waals surface area contributed by atoms with Crippen LogP contribution >= 0.6 is 0 Å². The van der Waals surface area contributed by atoms with Crippen LogP contribution in [-0.4, -0.2) is 152 Å². The molecule has 4 amide bonds. The molecule has 2 aliphatic rings. The number of aliphatic hydroxyl groups is 1. The molecule has 2 aromatic heterocycles. The van der Waals surface area contributed by atoms with Gasteiger partial charge in [0.05, 0.1) is 74.8 Å². The molecule has 4 aromatic rings. The van der Waals surface area contributed by atoms with Crippen LogP contribution in [0.15, 0.2) is 67.1 Å². The Morgan fingerprint density at radius 3 is 2.45 bits per heavy atom. The highest BCUT2D eigenvalue weighted by Gasteiger charge is 2.38. The van der Waals surface area contributed by atoms with E-state index in [2.05, 4.69) is 41.9 Å². The van der Waals surface area contributed by atoms with E-state index in [4.69, 9.17) is 14.2 Å². The van der Waals surface area contributed by atoms with E-state index in [1.165, 1.54) is 31.5 Å². The minimum absolute atomic E-state index is 0.00715. The molecule has 350 valence electrons. The molecular weight excluding hydrogens is 852 g/mol. The smallest absolute Gasteiger partial charge is 0.274 e. The number of halogens is 1. The van der Waals surface area contributed by atoms with Crippen LogP contribution in [0.2, 0.25) is 0 Å². The predicted molar refractivity (Wildman–Crippen MR) is 243 cm³/mol. The van der Waals surface area contributed by atoms with Crippen LogP contribution in [0, 0.1) is 22.6 Å². The molecule has 4 N–H and O–H groups in total. The Morgan fingerprint density at radius 1 is 0.970 bits per heavy atom. The number of carbonyl (C=O) groups is 4. The number of carbonyl (C=O) groups excluding carboxylic acids is 4. The number of nitriles is 1. The SMILES string of the molecule is COc1cccc(F)c1-c1nccc(C(=O)Nc2ccc(-c3cnccc3C#N)cc2N2CCN(CC(=O)NCCOCCOCCC(=O)N[C@H](C(=O)N3CC[C@@H](O)C3)C(C)(C)C)CC2)n1. The van der Waals surface area contributed by atoms with Crippen LogP contribution < -0.4 is 25.6 Å². The average Bonchev–Trinajstić information content (AvgIpc) is 3.76. The van der Waals surface area contributed by atoms with Crippen LogP contribution in [0.3, 0.4) is 0 Å². The highest BCUT2D eigenvalue weighted by atomic mass is 19.1. The number of hydrogen-bond donors (Lipinski definition) is 4. The van der Waals surface area contributed by atoms with Crippen molar-refractivity contribution in [2.24, 2.45) is 5.41 Å². The number of amides is 4. The molecule has 6 rings (SSSR count). The van der Waals surface area contributed by atoms with Crippen molar-refractivity contribution in [2.75, 3.05) is 96.1 Å². The summed E-state index contributed by atoms with van der Waals surface area (Å²) in [5.74, 6) is -1.59. The summed E-state index contributed by atoms with van der Waals surface area (Å²) in [5.41, 5.74) is 2.50. The summed E-state index contributed by atoms with van der Waals surface area (Å²) in [4.78, 5) is 70.8. The maximum Gasteiger partial charge on any atom is 0.274 e. The number of β-amino-alcohol motifs (C(OH)–C–C–N with tert-alkyl or cyclic N) is 1. The molecule has 0 saturated carbocycles. The van der Waals surface area contributed by atoms with Crippen LogP contribution in [0.5, 0.6) is 5.75 Å². The molecule has 18 nitrogen and oxygen atoms in total. The van der Waals surface area contributed by atoms with Crippen molar-refractivity contribution in [1.82, 2.24) is 35.4 Å². The molecule has 2 fully saturated rings. The first-order chi connectivity index (χ1) is 31.7. The molecule has 0 unspecified atom stereocenters. The fourth-order valence-corrected chi connectivity index (χ4v) is 7.63. The molecule has 0 bridgehead atoms. The predicted octanol–water partition coefficient (Wildman–Crippen LogP) is 3.26. The molecule has 0 aliphatic carbocycles. The number of nitrogens with zero attached hydrogens (tertiary/aromatic N) is 7. The molecular formula is C47H57FN10O8. The number of piperazine rings is 1. The summed E-state index contributed by atoms with van der Waals surface area (Å²) in [6, 6.07) is 14.4. The maximum absolute atomic E-state index is 14.9. The number of rotatable bonds is 19. The highest BCUT2D eigenvalue weighted by Crippen LogP contribution is 2.35. The second kappa shape index (κ2) is 23.0.